The summed E-state index contributed by atoms with van der Waals surface area (Å²) < 4.78 is 5.30. The van der Waals surface area contributed by atoms with Crippen LogP contribution < -0.4 is 10.1 Å². The number of hydrogen-bond donors (Lipinski definition) is 1. The van der Waals surface area contributed by atoms with E-state index in [-0.39, 0.29) is 0 Å². The molecule has 4 nitrogen and oxygen atoms in total. The number of nitrogens with one attached hydrogen (secondary N) is 1. The van der Waals surface area contributed by atoms with Gasteiger partial charge in [-0.05, 0) is 24.3 Å². The molecule has 0 atom stereocenters. The van der Waals surface area contributed by atoms with Gasteiger partial charge in [-0.1, -0.05) is 42.5 Å². The zero-order valence-corrected chi connectivity index (χ0v) is 11.7. The van der Waals surface area contributed by atoms with Crippen molar-refractivity contribution in [3.63, 3.8) is 0 Å². The van der Waals surface area contributed by atoms with Crippen molar-refractivity contribution in [2.45, 2.75) is 0 Å². The molecule has 104 valence electrons. The van der Waals surface area contributed by atoms with E-state index in [9.17, 15) is 0 Å². The lowest BCUT2D eigenvalue weighted by Crippen LogP contribution is -1.98. The molecule has 0 unspecified atom stereocenters. The molecule has 0 fully saturated rings. The van der Waals surface area contributed by atoms with E-state index < -0.39 is 0 Å². The molecule has 0 radical (unpaired) electrons. The Bertz CT molecular complexity index is 712. The Morgan fingerprint density at radius 2 is 1.57 bits per heavy atom. The molecule has 0 amide bonds. The highest BCUT2D eigenvalue weighted by atomic mass is 16.5. The molecule has 0 aliphatic rings. The molecule has 4 heteroatoms. The molecule has 0 spiro atoms. The summed E-state index contributed by atoms with van der Waals surface area (Å²) in [6.07, 6.45) is 0. The minimum atomic E-state index is 0.680. The number of nitrogens with zero attached hydrogens (tertiary/aromatic N) is 2. The van der Waals surface area contributed by atoms with Gasteiger partial charge in [0.05, 0.1) is 18.5 Å². The van der Waals surface area contributed by atoms with E-state index in [1.807, 2.05) is 66.7 Å². The van der Waals surface area contributed by atoms with Crippen LogP contribution in [0.1, 0.15) is 0 Å². The number of methoxy groups -OCH3 is 1. The van der Waals surface area contributed by atoms with Crippen molar-refractivity contribution >= 4 is 11.5 Å². The van der Waals surface area contributed by atoms with Crippen LogP contribution in [-0.4, -0.2) is 17.3 Å². The number of rotatable bonds is 4. The van der Waals surface area contributed by atoms with Crippen molar-refractivity contribution < 1.29 is 4.74 Å². The topological polar surface area (TPSA) is 47.0 Å². The Morgan fingerprint density at radius 1 is 0.810 bits per heavy atom. The second kappa shape index (κ2) is 6.05. The maximum absolute atomic E-state index is 5.30. The first-order valence-electron chi connectivity index (χ1n) is 6.66. The SMILES string of the molecule is COc1ccccc1Nc1ccc(-c2ccccc2)nn1. The Morgan fingerprint density at radius 3 is 2.29 bits per heavy atom. The third-order valence-corrected chi connectivity index (χ3v) is 3.10. The molecular weight excluding hydrogens is 262 g/mol. The smallest absolute Gasteiger partial charge is 0.153 e. The summed E-state index contributed by atoms with van der Waals surface area (Å²) in [5, 5.41) is 11.7. The standard InChI is InChI=1S/C17H15N3O/c1-21-16-10-6-5-9-15(16)18-17-12-11-14(19-20-17)13-7-3-2-4-8-13/h2-12H,1H3,(H,18,20). The molecule has 2 aromatic carbocycles. The summed E-state index contributed by atoms with van der Waals surface area (Å²) in [6, 6.07) is 21.5. The second-order valence-electron chi connectivity index (χ2n) is 4.50. The first kappa shape index (κ1) is 13.1. The predicted octanol–water partition coefficient (Wildman–Crippen LogP) is 3.90. The van der Waals surface area contributed by atoms with E-state index >= 15 is 0 Å². The van der Waals surface area contributed by atoms with Crippen molar-refractivity contribution in [3.05, 3.63) is 66.7 Å². The van der Waals surface area contributed by atoms with E-state index in [0.29, 0.717) is 5.82 Å². The largest absolute Gasteiger partial charge is 0.495 e. The molecule has 0 saturated carbocycles. The number of anilines is 2. The highest BCUT2D eigenvalue weighted by Crippen LogP contribution is 2.26. The third kappa shape index (κ3) is 3.00. The van der Waals surface area contributed by atoms with Crippen LogP contribution in [0.3, 0.4) is 0 Å². The van der Waals surface area contributed by atoms with Gasteiger partial charge in [-0.15, -0.1) is 10.2 Å². The monoisotopic (exact) mass is 277 g/mol. The second-order valence-corrected chi connectivity index (χ2v) is 4.50. The van der Waals surface area contributed by atoms with Crippen molar-refractivity contribution in [1.29, 1.82) is 0 Å². The van der Waals surface area contributed by atoms with Crippen molar-refractivity contribution in [1.82, 2.24) is 10.2 Å². The average molecular weight is 277 g/mol. The average Bonchev–Trinajstić information content (AvgIpc) is 2.57. The van der Waals surface area contributed by atoms with Gasteiger partial charge in [0.15, 0.2) is 5.82 Å². The normalized spacial score (nSPS) is 10.1. The van der Waals surface area contributed by atoms with Crippen LogP contribution in [0.15, 0.2) is 66.7 Å². The molecular formula is C17H15N3O. The van der Waals surface area contributed by atoms with Gasteiger partial charge in [0, 0.05) is 5.56 Å². The van der Waals surface area contributed by atoms with Crippen molar-refractivity contribution in [3.8, 4) is 17.0 Å². The quantitative estimate of drug-likeness (QED) is 0.785. The molecule has 1 heterocycles. The van der Waals surface area contributed by atoms with Crippen LogP contribution in [-0.2, 0) is 0 Å². The predicted molar refractivity (Wildman–Crippen MR) is 83.7 cm³/mol. The van der Waals surface area contributed by atoms with Gasteiger partial charge in [0.25, 0.3) is 0 Å². The van der Waals surface area contributed by atoms with Gasteiger partial charge in [-0.3, -0.25) is 0 Å². The van der Waals surface area contributed by atoms with Crippen molar-refractivity contribution in [2.75, 3.05) is 12.4 Å². The lowest BCUT2D eigenvalue weighted by atomic mass is 10.1. The first-order valence-corrected chi connectivity index (χ1v) is 6.66. The Hall–Kier alpha value is -2.88. The summed E-state index contributed by atoms with van der Waals surface area (Å²) in [7, 11) is 1.64. The zero-order chi connectivity index (χ0) is 14.5. The first-order chi connectivity index (χ1) is 10.4. The lowest BCUT2D eigenvalue weighted by molar-refractivity contribution is 0.417. The van der Waals surface area contributed by atoms with Gasteiger partial charge in [0.2, 0.25) is 0 Å². The van der Waals surface area contributed by atoms with Crippen molar-refractivity contribution in [2.24, 2.45) is 0 Å². The van der Waals surface area contributed by atoms with Crippen LogP contribution in [0.5, 0.6) is 5.75 Å². The maximum Gasteiger partial charge on any atom is 0.153 e. The summed E-state index contributed by atoms with van der Waals surface area (Å²) in [5.41, 5.74) is 2.76. The van der Waals surface area contributed by atoms with Crippen LogP contribution in [0.4, 0.5) is 11.5 Å². The molecule has 1 aromatic heterocycles. The van der Waals surface area contributed by atoms with E-state index in [1.54, 1.807) is 7.11 Å². The van der Waals surface area contributed by atoms with Gasteiger partial charge in [-0.2, -0.15) is 0 Å². The number of aromatic nitrogens is 2. The minimum absolute atomic E-state index is 0.680. The molecule has 0 aliphatic carbocycles. The zero-order valence-electron chi connectivity index (χ0n) is 11.7. The fourth-order valence-corrected chi connectivity index (χ4v) is 2.05. The Balaban J connectivity index is 1.82. The van der Waals surface area contributed by atoms with Crippen LogP contribution in [0.2, 0.25) is 0 Å². The molecule has 0 aliphatic heterocycles. The van der Waals surface area contributed by atoms with E-state index in [4.69, 9.17) is 4.74 Å². The maximum atomic E-state index is 5.30. The summed E-state index contributed by atoms with van der Waals surface area (Å²) in [4.78, 5) is 0. The van der Waals surface area contributed by atoms with Gasteiger partial charge in [-0.25, -0.2) is 0 Å². The van der Waals surface area contributed by atoms with E-state index in [1.165, 1.54) is 0 Å². The summed E-state index contributed by atoms with van der Waals surface area (Å²) in [5.74, 6) is 1.45. The minimum Gasteiger partial charge on any atom is -0.495 e. The fraction of sp³-hybridized carbons (Fsp3) is 0.0588. The Labute approximate surface area is 123 Å². The number of ether oxygens (including phenoxy) is 1. The number of hydrogen-bond acceptors (Lipinski definition) is 4. The lowest BCUT2D eigenvalue weighted by Gasteiger charge is -2.09. The highest BCUT2D eigenvalue weighted by molar-refractivity contribution is 5.65. The van der Waals surface area contributed by atoms with Gasteiger partial charge >= 0.3 is 0 Å². The molecule has 21 heavy (non-hydrogen) atoms. The molecule has 1 N–H and O–H groups in total. The highest BCUT2D eigenvalue weighted by Gasteiger charge is 2.04. The van der Waals surface area contributed by atoms with Crippen LogP contribution in [0.25, 0.3) is 11.3 Å². The summed E-state index contributed by atoms with van der Waals surface area (Å²) >= 11 is 0. The molecule has 3 aromatic rings. The number of para-hydroxylation sites is 2. The molecule has 0 bridgehead atoms. The van der Waals surface area contributed by atoms with Gasteiger partial charge < -0.3 is 10.1 Å². The summed E-state index contributed by atoms with van der Waals surface area (Å²) in [6.45, 7) is 0. The van der Waals surface area contributed by atoms with Crippen LogP contribution in [0, 0.1) is 0 Å². The Kier molecular flexibility index (Phi) is 3.78. The fourth-order valence-electron chi connectivity index (χ4n) is 2.05. The van der Waals surface area contributed by atoms with E-state index in [0.717, 1.165) is 22.7 Å². The van der Waals surface area contributed by atoms with Crippen LogP contribution >= 0.6 is 0 Å². The molecule has 0 saturated heterocycles. The van der Waals surface area contributed by atoms with Gasteiger partial charge in [0.1, 0.15) is 5.75 Å². The van der Waals surface area contributed by atoms with E-state index in [2.05, 4.69) is 15.5 Å². The molecule has 3 rings (SSSR count). The third-order valence-electron chi connectivity index (χ3n) is 3.10. The number of benzene rings is 2.